The number of methoxy groups -OCH3 is 2. The molecule has 16 heavy (non-hydrogen) atoms. The molecular formula is C10H25N3O2Si. The van der Waals surface area contributed by atoms with E-state index in [1.807, 2.05) is 0 Å². The normalized spacial score (nSPS) is 21.0. The van der Waals surface area contributed by atoms with Crippen LogP contribution in [0.1, 0.15) is 6.42 Å². The Bertz CT molecular complexity index is 175. The lowest BCUT2D eigenvalue weighted by molar-refractivity contribution is -0.0442. The first-order chi connectivity index (χ1) is 7.77. The molecule has 1 aliphatic rings. The zero-order valence-corrected chi connectivity index (χ0v) is 11.9. The van der Waals surface area contributed by atoms with Crippen LogP contribution in [0, 0.1) is 0 Å². The molecule has 0 spiro atoms. The zero-order valence-electron chi connectivity index (χ0n) is 10.4. The summed E-state index contributed by atoms with van der Waals surface area (Å²) < 4.78 is 10.4. The Kier molecular flexibility index (Phi) is 7.18. The molecule has 1 heterocycles. The van der Waals surface area contributed by atoms with E-state index in [2.05, 4.69) is 10.2 Å². The molecule has 1 atom stereocenters. The van der Waals surface area contributed by atoms with E-state index in [1.165, 1.54) is 6.04 Å². The number of nitrogens with one attached hydrogen (secondary N) is 1. The molecule has 0 aromatic heterocycles. The van der Waals surface area contributed by atoms with Gasteiger partial charge in [0.25, 0.3) is 0 Å². The van der Waals surface area contributed by atoms with Gasteiger partial charge in [-0.2, -0.15) is 0 Å². The summed E-state index contributed by atoms with van der Waals surface area (Å²) in [6, 6.07) is 1.18. The van der Waals surface area contributed by atoms with Crippen LogP contribution < -0.4 is 11.1 Å². The van der Waals surface area contributed by atoms with Crippen LogP contribution in [0.25, 0.3) is 0 Å². The van der Waals surface area contributed by atoms with E-state index in [1.54, 1.807) is 14.2 Å². The summed E-state index contributed by atoms with van der Waals surface area (Å²) in [6.07, 6.45) is 1.28. The maximum Gasteiger partial charge on any atom is 0.134 e. The maximum atomic E-state index is 6.16. The molecule has 3 N–H and O–H groups in total. The Morgan fingerprint density at radius 1 is 1.31 bits per heavy atom. The molecule has 1 aliphatic heterocycles. The van der Waals surface area contributed by atoms with Crippen LogP contribution in [0.5, 0.6) is 0 Å². The van der Waals surface area contributed by atoms with Gasteiger partial charge in [0, 0.05) is 40.4 Å². The fourth-order valence-corrected chi connectivity index (χ4v) is 3.48. The Labute approximate surface area is 100 Å². The first-order valence-corrected chi connectivity index (χ1v) is 7.85. The summed E-state index contributed by atoms with van der Waals surface area (Å²) in [5.74, 6) is 0.0511. The second kappa shape index (κ2) is 8.16. The molecule has 6 heteroatoms. The van der Waals surface area contributed by atoms with Crippen molar-refractivity contribution in [2.45, 2.75) is 24.5 Å². The van der Waals surface area contributed by atoms with E-state index in [-0.39, 0.29) is 21.6 Å². The van der Waals surface area contributed by atoms with Crippen molar-refractivity contribution in [3.63, 3.8) is 0 Å². The molecule has 1 unspecified atom stereocenters. The van der Waals surface area contributed by atoms with Crippen molar-refractivity contribution in [3.8, 4) is 0 Å². The van der Waals surface area contributed by atoms with Crippen molar-refractivity contribution in [1.29, 1.82) is 0 Å². The average Bonchev–Trinajstić information content (AvgIpc) is 2.35. The third-order valence-electron chi connectivity index (χ3n) is 3.09. The molecule has 0 amide bonds. The highest BCUT2D eigenvalue weighted by molar-refractivity contribution is 6.36. The highest BCUT2D eigenvalue weighted by atomic mass is 28.2. The van der Waals surface area contributed by atoms with Crippen LogP contribution in [0.3, 0.4) is 0 Å². The lowest BCUT2D eigenvalue weighted by Crippen LogP contribution is -2.51. The van der Waals surface area contributed by atoms with Gasteiger partial charge in [-0.1, -0.05) is 6.04 Å². The van der Waals surface area contributed by atoms with Gasteiger partial charge in [0.05, 0.1) is 15.7 Å². The second-order valence-electron chi connectivity index (χ2n) is 4.19. The monoisotopic (exact) mass is 247 g/mol. The number of nitrogens with two attached hydrogens (primary N) is 1. The molecule has 5 nitrogen and oxygen atoms in total. The molecule has 1 fully saturated rings. The fraction of sp³-hybridized carbons (Fsp3) is 1.00. The maximum absolute atomic E-state index is 6.16. The molecule has 1 rings (SSSR count). The summed E-state index contributed by atoms with van der Waals surface area (Å²) in [6.45, 7) is 4.26. The number of hydrogen-bond acceptors (Lipinski definition) is 5. The van der Waals surface area contributed by atoms with Crippen molar-refractivity contribution in [3.05, 3.63) is 0 Å². The topological polar surface area (TPSA) is 59.8 Å². The first kappa shape index (κ1) is 14.1. The lowest BCUT2D eigenvalue weighted by Gasteiger charge is -2.32. The van der Waals surface area contributed by atoms with E-state index in [0.29, 0.717) is 0 Å². The second-order valence-corrected chi connectivity index (χ2v) is 6.14. The minimum Gasteiger partial charge on any atom is -0.360 e. The average molecular weight is 247 g/mol. The quantitative estimate of drug-likeness (QED) is 0.434. The summed E-state index contributed by atoms with van der Waals surface area (Å²) in [4.78, 5) is 2.36. The Balaban J connectivity index is 2.11. The van der Waals surface area contributed by atoms with Crippen LogP contribution in [-0.2, 0) is 9.47 Å². The van der Waals surface area contributed by atoms with Crippen LogP contribution in [0.15, 0.2) is 0 Å². The standard InChI is InChI=1S/C10H25N3O2Si/c1-14-10(15-2)16-8-3-9(11)13-6-4-12-5-7-13/h9-10,12H,3-8,11,16H2,1-2H3. The van der Waals surface area contributed by atoms with Crippen LogP contribution in [0.2, 0.25) is 6.04 Å². The molecule has 0 saturated carbocycles. The summed E-state index contributed by atoms with van der Waals surface area (Å²) in [5, 5.41) is 3.33. The number of hydrogen-bond donors (Lipinski definition) is 2. The molecule has 0 aromatic carbocycles. The van der Waals surface area contributed by atoms with Crippen molar-refractivity contribution >= 4 is 9.52 Å². The van der Waals surface area contributed by atoms with Gasteiger partial charge in [-0.3, -0.25) is 4.90 Å². The van der Waals surface area contributed by atoms with E-state index in [4.69, 9.17) is 15.2 Å². The highest BCUT2D eigenvalue weighted by Gasteiger charge is 2.17. The Morgan fingerprint density at radius 3 is 2.50 bits per heavy atom. The van der Waals surface area contributed by atoms with E-state index in [0.717, 1.165) is 32.6 Å². The zero-order chi connectivity index (χ0) is 11.8. The predicted molar refractivity (Wildman–Crippen MR) is 68.2 cm³/mol. The van der Waals surface area contributed by atoms with E-state index in [9.17, 15) is 0 Å². The minimum atomic E-state index is -0.320. The highest BCUT2D eigenvalue weighted by Crippen LogP contribution is 2.05. The SMILES string of the molecule is COC(OC)[SiH2]CCC(N)N1CCNCC1. The third kappa shape index (κ3) is 4.90. The molecule has 0 aromatic rings. The summed E-state index contributed by atoms with van der Waals surface area (Å²) in [5.41, 5.74) is 6.16. The smallest absolute Gasteiger partial charge is 0.134 e. The molecule has 0 aliphatic carbocycles. The van der Waals surface area contributed by atoms with Crippen LogP contribution >= 0.6 is 0 Å². The van der Waals surface area contributed by atoms with Gasteiger partial charge in [0.15, 0.2) is 0 Å². The third-order valence-corrected chi connectivity index (χ3v) is 5.04. The Hall–Kier alpha value is 0.0169. The van der Waals surface area contributed by atoms with Gasteiger partial charge in [-0.15, -0.1) is 0 Å². The molecule has 1 saturated heterocycles. The van der Waals surface area contributed by atoms with Crippen LogP contribution in [0.4, 0.5) is 0 Å². The van der Waals surface area contributed by atoms with Gasteiger partial charge < -0.3 is 20.5 Å². The number of piperazine rings is 1. The molecule has 0 bridgehead atoms. The summed E-state index contributed by atoms with van der Waals surface area (Å²) in [7, 11) is 3.09. The van der Waals surface area contributed by atoms with Crippen molar-refractivity contribution < 1.29 is 9.47 Å². The fourth-order valence-electron chi connectivity index (χ4n) is 2.02. The molecule has 96 valence electrons. The number of rotatable bonds is 7. The number of ether oxygens (including phenoxy) is 2. The first-order valence-electron chi connectivity index (χ1n) is 6.04. The van der Waals surface area contributed by atoms with Gasteiger partial charge >= 0.3 is 0 Å². The number of nitrogens with zero attached hydrogens (tertiary/aromatic N) is 1. The van der Waals surface area contributed by atoms with Crippen molar-refractivity contribution in [2.75, 3.05) is 40.4 Å². The minimum absolute atomic E-state index is 0.0511. The van der Waals surface area contributed by atoms with Gasteiger partial charge in [-0.05, 0) is 6.42 Å². The Morgan fingerprint density at radius 2 is 1.94 bits per heavy atom. The largest absolute Gasteiger partial charge is 0.360 e. The summed E-state index contributed by atoms with van der Waals surface area (Å²) >= 11 is 0. The van der Waals surface area contributed by atoms with Gasteiger partial charge in [0.2, 0.25) is 0 Å². The van der Waals surface area contributed by atoms with E-state index < -0.39 is 0 Å². The predicted octanol–water partition coefficient (Wildman–Crippen LogP) is -1.27. The van der Waals surface area contributed by atoms with Gasteiger partial charge in [-0.25, -0.2) is 0 Å². The lowest BCUT2D eigenvalue weighted by atomic mass is 10.3. The van der Waals surface area contributed by atoms with Crippen LogP contribution in [-0.4, -0.2) is 66.9 Å². The van der Waals surface area contributed by atoms with E-state index >= 15 is 0 Å². The van der Waals surface area contributed by atoms with Gasteiger partial charge in [0.1, 0.15) is 5.91 Å². The molecular weight excluding hydrogens is 222 g/mol. The molecule has 0 radical (unpaired) electrons. The van der Waals surface area contributed by atoms with Crippen molar-refractivity contribution in [2.24, 2.45) is 5.73 Å². The van der Waals surface area contributed by atoms with Crippen molar-refractivity contribution in [1.82, 2.24) is 10.2 Å².